The lowest BCUT2D eigenvalue weighted by Crippen LogP contribution is -2.48. The van der Waals surface area contributed by atoms with Crippen LogP contribution in [0.15, 0.2) is 42.7 Å². The number of sulfonamides is 1. The van der Waals surface area contributed by atoms with Crippen LogP contribution in [0.4, 0.5) is 5.69 Å². The van der Waals surface area contributed by atoms with Gasteiger partial charge in [-0.15, -0.1) is 0 Å². The van der Waals surface area contributed by atoms with Crippen LogP contribution < -0.4 is 9.64 Å². The molecular weight excluding hydrogens is 482 g/mol. The molecule has 3 fully saturated rings. The van der Waals surface area contributed by atoms with Gasteiger partial charge in [0.15, 0.2) is 5.52 Å². The molecule has 0 unspecified atom stereocenters. The van der Waals surface area contributed by atoms with E-state index in [4.69, 9.17) is 19.2 Å². The Morgan fingerprint density at radius 1 is 1.00 bits per heavy atom. The minimum absolute atomic E-state index is 0.175. The van der Waals surface area contributed by atoms with Gasteiger partial charge in [-0.25, -0.2) is 18.4 Å². The number of fused-ring (bicyclic) bond motifs is 1. The minimum Gasteiger partial charge on any atom is -0.473 e. The van der Waals surface area contributed by atoms with Gasteiger partial charge in [-0.1, -0.05) is 12.1 Å². The Balaban J connectivity index is 1.21. The van der Waals surface area contributed by atoms with Gasteiger partial charge < -0.3 is 19.1 Å². The zero-order chi connectivity index (χ0) is 24.5. The molecule has 1 saturated carbocycles. The average molecular weight is 512 g/mol. The van der Waals surface area contributed by atoms with Crippen LogP contribution in [-0.2, 0) is 19.5 Å². The van der Waals surface area contributed by atoms with Crippen LogP contribution in [0.5, 0.6) is 5.88 Å². The zero-order valence-corrected chi connectivity index (χ0v) is 20.8. The number of anilines is 1. The van der Waals surface area contributed by atoms with Crippen molar-refractivity contribution in [3.05, 3.63) is 42.7 Å². The smallest absolute Gasteiger partial charge is 0.242 e. The van der Waals surface area contributed by atoms with E-state index >= 15 is 0 Å². The third-order valence-corrected chi connectivity index (χ3v) is 9.14. The summed E-state index contributed by atoms with van der Waals surface area (Å²) in [6, 6.07) is 10.2. The third-order valence-electron chi connectivity index (χ3n) is 6.78. The zero-order valence-electron chi connectivity index (χ0n) is 20.0. The van der Waals surface area contributed by atoms with E-state index in [0.29, 0.717) is 30.1 Å². The number of rotatable bonds is 7. The van der Waals surface area contributed by atoms with Crippen LogP contribution in [0, 0.1) is 0 Å². The summed E-state index contributed by atoms with van der Waals surface area (Å²) < 4.78 is 44.2. The number of aromatic nitrogens is 3. The summed E-state index contributed by atoms with van der Waals surface area (Å²) in [5, 5.41) is -0.232. The quantitative estimate of drug-likeness (QED) is 0.471. The number of benzene rings is 1. The summed E-state index contributed by atoms with van der Waals surface area (Å²) in [7, 11) is -3.24. The largest absolute Gasteiger partial charge is 0.473 e. The molecule has 1 aromatic carbocycles. The van der Waals surface area contributed by atoms with Crippen LogP contribution in [0.3, 0.4) is 0 Å². The van der Waals surface area contributed by atoms with Crippen LogP contribution in [0.25, 0.3) is 22.3 Å². The van der Waals surface area contributed by atoms with E-state index < -0.39 is 10.0 Å². The van der Waals surface area contributed by atoms with Crippen molar-refractivity contribution in [3.63, 3.8) is 0 Å². The topological polar surface area (TPSA) is 107 Å². The number of ether oxygens (including phenoxy) is 3. The Kier molecular flexibility index (Phi) is 6.46. The molecule has 3 aliphatic rings. The lowest BCUT2D eigenvalue weighted by atomic mass is 10.1. The van der Waals surface area contributed by atoms with Crippen LogP contribution in [0.1, 0.15) is 12.8 Å². The summed E-state index contributed by atoms with van der Waals surface area (Å²) in [6.45, 7) is 4.43. The highest BCUT2D eigenvalue weighted by Crippen LogP contribution is 2.32. The van der Waals surface area contributed by atoms with Crippen LogP contribution in [0.2, 0.25) is 0 Å². The minimum atomic E-state index is -3.24. The van der Waals surface area contributed by atoms with Gasteiger partial charge in [-0.2, -0.15) is 4.31 Å². The van der Waals surface area contributed by atoms with Gasteiger partial charge in [-0.3, -0.25) is 4.98 Å². The molecule has 10 nitrogen and oxygen atoms in total. The maximum atomic E-state index is 12.7. The number of hydrogen-bond donors (Lipinski definition) is 0. The first-order valence-corrected chi connectivity index (χ1v) is 13.9. The van der Waals surface area contributed by atoms with Gasteiger partial charge >= 0.3 is 0 Å². The first kappa shape index (κ1) is 23.5. The third kappa shape index (κ3) is 4.88. The number of pyridine rings is 1. The summed E-state index contributed by atoms with van der Waals surface area (Å²) in [5.41, 5.74) is 4.06. The lowest BCUT2D eigenvalue weighted by molar-refractivity contribution is -0.0254. The summed E-state index contributed by atoms with van der Waals surface area (Å²) >= 11 is 0. The Morgan fingerprint density at radius 2 is 1.78 bits per heavy atom. The van der Waals surface area contributed by atoms with Crippen molar-refractivity contribution in [3.8, 4) is 17.1 Å². The second-order valence-electron chi connectivity index (χ2n) is 9.29. The molecule has 190 valence electrons. The van der Waals surface area contributed by atoms with Gasteiger partial charge in [0, 0.05) is 49.8 Å². The van der Waals surface area contributed by atoms with Gasteiger partial charge in [0.25, 0.3) is 0 Å². The fourth-order valence-electron chi connectivity index (χ4n) is 4.63. The van der Waals surface area contributed by atoms with Crippen molar-refractivity contribution in [1.29, 1.82) is 0 Å². The van der Waals surface area contributed by atoms with E-state index in [1.807, 2.05) is 18.2 Å². The molecule has 2 aliphatic heterocycles. The molecule has 36 heavy (non-hydrogen) atoms. The van der Waals surface area contributed by atoms with E-state index in [-0.39, 0.29) is 24.5 Å². The molecule has 0 radical (unpaired) electrons. The molecule has 0 amide bonds. The first-order valence-electron chi connectivity index (χ1n) is 12.4. The summed E-state index contributed by atoms with van der Waals surface area (Å²) in [6.07, 6.45) is 4.36. The van der Waals surface area contributed by atoms with Crippen molar-refractivity contribution in [1.82, 2.24) is 19.3 Å². The van der Waals surface area contributed by atoms with Crippen molar-refractivity contribution in [2.24, 2.45) is 0 Å². The monoisotopic (exact) mass is 511 g/mol. The maximum absolute atomic E-state index is 12.7. The Hall–Kier alpha value is -2.86. The molecular formula is C25H29N5O5S. The molecule has 2 aromatic heterocycles. The van der Waals surface area contributed by atoms with E-state index in [9.17, 15) is 8.42 Å². The summed E-state index contributed by atoms with van der Waals surface area (Å²) in [4.78, 5) is 15.9. The van der Waals surface area contributed by atoms with Crippen molar-refractivity contribution < 1.29 is 22.6 Å². The fraction of sp³-hybridized carbons (Fsp3) is 0.480. The van der Waals surface area contributed by atoms with Crippen molar-refractivity contribution >= 4 is 26.7 Å². The van der Waals surface area contributed by atoms with E-state index in [2.05, 4.69) is 27.0 Å². The standard InChI is InChI=1S/C25H29N5O5S/c31-36(32,21-5-6-21)30-11-14-34-20(16-30)17-35-25-24-23(26-7-8-27-24)15-22(28-25)18-1-3-19(4-2-18)29-9-12-33-13-10-29/h1-4,7-8,15,20-21H,5-6,9-14,16-17H2/t20-/m0/s1. The van der Waals surface area contributed by atoms with Crippen LogP contribution >= 0.6 is 0 Å². The SMILES string of the molecule is O=S(=O)(C1CC1)N1CCO[C@H](COc2nc(-c3ccc(N4CCOCC4)cc3)cc3nccnc23)C1. The summed E-state index contributed by atoms with van der Waals surface area (Å²) in [5.74, 6) is 0.360. The van der Waals surface area contributed by atoms with Crippen molar-refractivity contribution in [2.75, 3.05) is 57.5 Å². The molecule has 11 heteroatoms. The normalized spacial score (nSPS) is 21.6. The molecule has 0 spiro atoms. The van der Waals surface area contributed by atoms with Crippen LogP contribution in [-0.4, -0.2) is 91.6 Å². The molecule has 0 N–H and O–H groups in total. The Morgan fingerprint density at radius 3 is 2.56 bits per heavy atom. The Labute approximate surface area is 210 Å². The molecule has 0 bridgehead atoms. The molecule has 6 rings (SSSR count). The van der Waals surface area contributed by atoms with E-state index in [0.717, 1.165) is 56.1 Å². The van der Waals surface area contributed by atoms with Gasteiger partial charge in [0.1, 0.15) is 12.7 Å². The number of morpholine rings is 2. The predicted octanol–water partition coefficient (Wildman–Crippen LogP) is 2.10. The second-order valence-corrected chi connectivity index (χ2v) is 11.5. The van der Waals surface area contributed by atoms with Crippen molar-refractivity contribution in [2.45, 2.75) is 24.2 Å². The predicted molar refractivity (Wildman–Crippen MR) is 135 cm³/mol. The van der Waals surface area contributed by atoms with Gasteiger partial charge in [0.05, 0.1) is 36.3 Å². The fourth-order valence-corrected chi connectivity index (χ4v) is 6.49. The average Bonchev–Trinajstić information content (AvgIpc) is 3.79. The maximum Gasteiger partial charge on any atom is 0.242 e. The number of hydrogen-bond acceptors (Lipinski definition) is 9. The highest BCUT2D eigenvalue weighted by Gasteiger charge is 2.42. The number of nitrogens with zero attached hydrogens (tertiary/aromatic N) is 5. The van der Waals surface area contributed by atoms with E-state index in [1.165, 1.54) is 0 Å². The molecule has 2 saturated heterocycles. The molecule has 4 heterocycles. The van der Waals surface area contributed by atoms with Gasteiger partial charge in [-0.05, 0) is 31.0 Å². The van der Waals surface area contributed by atoms with E-state index in [1.54, 1.807) is 16.7 Å². The lowest BCUT2D eigenvalue weighted by Gasteiger charge is -2.32. The molecule has 1 aliphatic carbocycles. The van der Waals surface area contributed by atoms with Gasteiger partial charge in [0.2, 0.25) is 15.9 Å². The molecule has 1 atom stereocenters. The highest BCUT2D eigenvalue weighted by atomic mass is 32.2. The Bertz CT molecular complexity index is 1330. The highest BCUT2D eigenvalue weighted by molar-refractivity contribution is 7.90. The second kappa shape index (κ2) is 9.89. The molecule has 3 aromatic rings. The first-order chi connectivity index (χ1) is 17.6.